The Morgan fingerprint density at radius 2 is 1.86 bits per heavy atom. The van der Waals surface area contributed by atoms with E-state index in [0.717, 1.165) is 23.2 Å². The molecule has 6 heteroatoms. The van der Waals surface area contributed by atoms with E-state index in [2.05, 4.69) is 10.7 Å². The fourth-order valence-corrected chi connectivity index (χ4v) is 3.07. The van der Waals surface area contributed by atoms with Crippen molar-refractivity contribution in [3.8, 4) is 0 Å². The molecule has 1 heterocycles. The first-order valence-electron chi connectivity index (χ1n) is 9.36. The fourth-order valence-electron chi connectivity index (χ4n) is 2.95. The molecule has 0 aromatic heterocycles. The zero-order valence-electron chi connectivity index (χ0n) is 15.9. The monoisotopic (exact) mass is 397 g/mol. The third kappa shape index (κ3) is 5.60. The Hall–Kier alpha value is -2.79. The highest BCUT2D eigenvalue weighted by Gasteiger charge is 2.20. The number of hydrogen-bond donors (Lipinski definition) is 2. The number of benzene rings is 2. The SMILES string of the molecule is Cc1ccc(C2=CCC(=O)N(CCC(=O)NCCc3ccc(Cl)cc3)N2)cc1. The van der Waals surface area contributed by atoms with Crippen LogP contribution in [-0.4, -0.2) is 29.9 Å². The molecule has 0 unspecified atom stereocenters. The predicted molar refractivity (Wildman–Crippen MR) is 111 cm³/mol. The lowest BCUT2D eigenvalue weighted by Crippen LogP contribution is -2.46. The molecule has 5 nitrogen and oxygen atoms in total. The van der Waals surface area contributed by atoms with Crippen molar-refractivity contribution in [1.29, 1.82) is 0 Å². The minimum atomic E-state index is -0.0741. The number of hydrazine groups is 1. The third-order valence-electron chi connectivity index (χ3n) is 4.61. The number of halogens is 1. The lowest BCUT2D eigenvalue weighted by atomic mass is 10.1. The Morgan fingerprint density at radius 3 is 2.57 bits per heavy atom. The summed E-state index contributed by atoms with van der Waals surface area (Å²) in [5.41, 5.74) is 7.35. The summed E-state index contributed by atoms with van der Waals surface area (Å²) in [6, 6.07) is 15.7. The zero-order chi connectivity index (χ0) is 19.9. The highest BCUT2D eigenvalue weighted by atomic mass is 35.5. The molecule has 0 saturated carbocycles. The molecule has 0 atom stereocenters. The molecule has 0 spiro atoms. The van der Waals surface area contributed by atoms with Crippen LogP contribution in [0.25, 0.3) is 5.70 Å². The molecule has 1 aliphatic heterocycles. The lowest BCUT2D eigenvalue weighted by molar-refractivity contribution is -0.133. The molecule has 2 aromatic rings. The average molecular weight is 398 g/mol. The van der Waals surface area contributed by atoms with Gasteiger partial charge in [0.1, 0.15) is 0 Å². The van der Waals surface area contributed by atoms with Gasteiger partial charge < -0.3 is 5.32 Å². The topological polar surface area (TPSA) is 61.4 Å². The summed E-state index contributed by atoms with van der Waals surface area (Å²) in [5.74, 6) is -0.111. The maximum absolute atomic E-state index is 12.1. The normalized spacial score (nSPS) is 13.7. The average Bonchev–Trinajstić information content (AvgIpc) is 2.69. The standard InChI is InChI=1S/C22H24ClN3O2/c1-16-2-6-18(7-3-16)20-10-11-22(28)26(25-20)15-13-21(27)24-14-12-17-4-8-19(23)9-5-17/h2-10,25H,11-15H2,1H3,(H,24,27). The second kappa shape index (κ2) is 9.42. The van der Waals surface area contributed by atoms with Crippen LogP contribution >= 0.6 is 11.6 Å². The summed E-state index contributed by atoms with van der Waals surface area (Å²) >= 11 is 5.87. The maximum atomic E-state index is 12.1. The van der Waals surface area contributed by atoms with E-state index in [9.17, 15) is 9.59 Å². The van der Waals surface area contributed by atoms with E-state index in [0.29, 0.717) is 24.5 Å². The van der Waals surface area contributed by atoms with Crippen molar-refractivity contribution >= 4 is 29.1 Å². The van der Waals surface area contributed by atoms with Gasteiger partial charge in [0.15, 0.2) is 0 Å². The Kier molecular flexibility index (Phi) is 6.71. The van der Waals surface area contributed by atoms with Crippen LogP contribution < -0.4 is 10.7 Å². The quantitative estimate of drug-likeness (QED) is 0.752. The molecular formula is C22H24ClN3O2. The first kappa shape index (κ1) is 20.0. The number of nitrogens with one attached hydrogen (secondary N) is 2. The van der Waals surface area contributed by atoms with Gasteiger partial charge in [-0.3, -0.25) is 20.0 Å². The highest BCUT2D eigenvalue weighted by molar-refractivity contribution is 6.30. The van der Waals surface area contributed by atoms with Gasteiger partial charge in [-0.2, -0.15) is 0 Å². The third-order valence-corrected chi connectivity index (χ3v) is 4.86. The maximum Gasteiger partial charge on any atom is 0.244 e. The molecule has 2 N–H and O–H groups in total. The Bertz CT molecular complexity index is 860. The molecule has 0 fully saturated rings. The minimum Gasteiger partial charge on any atom is -0.356 e. The number of amides is 2. The number of hydrogen-bond acceptors (Lipinski definition) is 3. The van der Waals surface area contributed by atoms with Crippen LogP contribution in [0.4, 0.5) is 0 Å². The van der Waals surface area contributed by atoms with E-state index in [4.69, 9.17) is 11.6 Å². The Balaban J connectivity index is 1.44. The Morgan fingerprint density at radius 1 is 1.14 bits per heavy atom. The number of aryl methyl sites for hydroxylation is 1. The molecule has 0 radical (unpaired) electrons. The van der Waals surface area contributed by atoms with Gasteiger partial charge >= 0.3 is 0 Å². The van der Waals surface area contributed by atoms with Crippen LogP contribution in [0.5, 0.6) is 0 Å². The van der Waals surface area contributed by atoms with E-state index in [1.54, 1.807) is 0 Å². The zero-order valence-corrected chi connectivity index (χ0v) is 16.6. The molecule has 2 amide bonds. The molecule has 1 aliphatic rings. The van der Waals surface area contributed by atoms with Gasteiger partial charge in [-0.25, -0.2) is 0 Å². The summed E-state index contributed by atoms with van der Waals surface area (Å²) in [6.07, 6.45) is 3.20. The van der Waals surface area contributed by atoms with Crippen molar-refractivity contribution in [2.45, 2.75) is 26.2 Å². The van der Waals surface area contributed by atoms with Crippen molar-refractivity contribution < 1.29 is 9.59 Å². The van der Waals surface area contributed by atoms with Crippen LogP contribution in [0, 0.1) is 6.92 Å². The van der Waals surface area contributed by atoms with Gasteiger partial charge in [0, 0.05) is 24.4 Å². The van der Waals surface area contributed by atoms with Crippen molar-refractivity contribution in [1.82, 2.24) is 15.8 Å². The van der Waals surface area contributed by atoms with Crippen molar-refractivity contribution in [3.63, 3.8) is 0 Å². The van der Waals surface area contributed by atoms with E-state index >= 15 is 0 Å². The fraction of sp³-hybridized carbons (Fsp3) is 0.273. The number of nitrogens with zero attached hydrogens (tertiary/aromatic N) is 1. The highest BCUT2D eigenvalue weighted by Crippen LogP contribution is 2.18. The first-order valence-corrected chi connectivity index (χ1v) is 9.74. The summed E-state index contributed by atoms with van der Waals surface area (Å²) in [7, 11) is 0. The van der Waals surface area contributed by atoms with Gasteiger partial charge in [-0.05, 0) is 42.7 Å². The predicted octanol–water partition coefficient (Wildman–Crippen LogP) is 3.48. The molecule has 146 valence electrons. The minimum absolute atomic E-state index is 0.0372. The second-order valence-electron chi connectivity index (χ2n) is 6.82. The summed E-state index contributed by atoms with van der Waals surface area (Å²) < 4.78 is 0. The number of carbonyl (C=O) groups excluding carboxylic acids is 2. The molecule has 3 rings (SSSR count). The summed E-state index contributed by atoms with van der Waals surface area (Å²) in [6.45, 7) is 2.92. The van der Waals surface area contributed by atoms with Gasteiger partial charge in [0.2, 0.25) is 11.8 Å². The van der Waals surface area contributed by atoms with Gasteiger partial charge in [-0.1, -0.05) is 53.6 Å². The summed E-state index contributed by atoms with van der Waals surface area (Å²) in [4.78, 5) is 24.3. The molecule has 0 aliphatic carbocycles. The number of carbonyl (C=O) groups is 2. The van der Waals surface area contributed by atoms with E-state index in [1.807, 2.05) is 61.5 Å². The van der Waals surface area contributed by atoms with Gasteiger partial charge in [0.05, 0.1) is 12.2 Å². The molecule has 0 saturated heterocycles. The smallest absolute Gasteiger partial charge is 0.244 e. The second-order valence-corrected chi connectivity index (χ2v) is 7.26. The van der Waals surface area contributed by atoms with Crippen LogP contribution in [0.1, 0.15) is 29.5 Å². The van der Waals surface area contributed by atoms with E-state index in [1.165, 1.54) is 10.6 Å². The van der Waals surface area contributed by atoms with Gasteiger partial charge in [-0.15, -0.1) is 0 Å². The van der Waals surface area contributed by atoms with Crippen LogP contribution in [0.3, 0.4) is 0 Å². The molecule has 2 aromatic carbocycles. The molecule has 0 bridgehead atoms. The van der Waals surface area contributed by atoms with E-state index < -0.39 is 0 Å². The van der Waals surface area contributed by atoms with Crippen LogP contribution in [0.2, 0.25) is 5.02 Å². The Labute approximate surface area is 170 Å². The van der Waals surface area contributed by atoms with Crippen molar-refractivity contribution in [2.24, 2.45) is 0 Å². The lowest BCUT2D eigenvalue weighted by Gasteiger charge is -2.29. The van der Waals surface area contributed by atoms with Gasteiger partial charge in [0.25, 0.3) is 0 Å². The summed E-state index contributed by atoms with van der Waals surface area (Å²) in [5, 5.41) is 5.12. The van der Waals surface area contributed by atoms with Crippen molar-refractivity contribution in [3.05, 3.63) is 76.3 Å². The first-order chi connectivity index (χ1) is 13.5. The van der Waals surface area contributed by atoms with Crippen LogP contribution in [0.15, 0.2) is 54.6 Å². The van der Waals surface area contributed by atoms with Crippen LogP contribution in [-0.2, 0) is 16.0 Å². The largest absolute Gasteiger partial charge is 0.356 e. The van der Waals surface area contributed by atoms with E-state index in [-0.39, 0.29) is 18.2 Å². The number of rotatable bonds is 7. The van der Waals surface area contributed by atoms with Crippen molar-refractivity contribution in [2.75, 3.05) is 13.1 Å². The molecule has 28 heavy (non-hydrogen) atoms. The molecular weight excluding hydrogens is 374 g/mol.